The lowest BCUT2D eigenvalue weighted by atomic mass is 10.1. The lowest BCUT2D eigenvalue weighted by molar-refractivity contribution is 0.931. The summed E-state index contributed by atoms with van der Waals surface area (Å²) >= 11 is 0. The number of nitrogens with two attached hydrogens (primary N) is 1. The van der Waals surface area contributed by atoms with Crippen LogP contribution in [0.3, 0.4) is 0 Å². The molecule has 2 aromatic rings. The number of benzene rings is 1. The first-order valence-electron chi connectivity index (χ1n) is 5.05. The van der Waals surface area contributed by atoms with Crippen molar-refractivity contribution in [2.45, 2.75) is 13.0 Å². The van der Waals surface area contributed by atoms with Gasteiger partial charge in [0, 0.05) is 23.2 Å². The number of nitrogens with zero attached hydrogens (tertiary/aromatic N) is 1. The maximum atomic E-state index is 5.68. The van der Waals surface area contributed by atoms with E-state index in [0.717, 1.165) is 16.5 Å². The maximum absolute atomic E-state index is 5.68. The SMILES string of the molecule is CC(N)/C=C/c1cccc2cccnc12. The summed E-state index contributed by atoms with van der Waals surface area (Å²) in [6.07, 6.45) is 5.81. The molecule has 0 fully saturated rings. The van der Waals surface area contributed by atoms with E-state index in [1.165, 1.54) is 0 Å². The first-order chi connectivity index (χ1) is 7.27. The normalized spacial score (nSPS) is 13.5. The predicted molar refractivity (Wildman–Crippen MR) is 64.4 cm³/mol. The number of hydrogen-bond acceptors (Lipinski definition) is 2. The van der Waals surface area contributed by atoms with E-state index in [4.69, 9.17) is 5.73 Å². The highest BCUT2D eigenvalue weighted by atomic mass is 14.6. The Morgan fingerprint density at radius 1 is 1.27 bits per heavy atom. The second kappa shape index (κ2) is 4.24. The molecule has 0 aliphatic carbocycles. The zero-order valence-electron chi connectivity index (χ0n) is 8.72. The zero-order valence-corrected chi connectivity index (χ0v) is 8.72. The molecule has 2 N–H and O–H groups in total. The number of fused-ring (bicyclic) bond motifs is 1. The van der Waals surface area contributed by atoms with Crippen LogP contribution in [-0.2, 0) is 0 Å². The predicted octanol–water partition coefficient (Wildman–Crippen LogP) is 2.60. The highest BCUT2D eigenvalue weighted by molar-refractivity contribution is 5.86. The molecule has 0 aliphatic rings. The van der Waals surface area contributed by atoms with Gasteiger partial charge in [-0.1, -0.05) is 36.4 Å². The molecule has 76 valence electrons. The van der Waals surface area contributed by atoms with E-state index in [9.17, 15) is 0 Å². The molecule has 0 spiro atoms. The van der Waals surface area contributed by atoms with Crippen molar-refractivity contribution in [3.63, 3.8) is 0 Å². The molecule has 1 heterocycles. The first-order valence-corrected chi connectivity index (χ1v) is 5.05. The van der Waals surface area contributed by atoms with E-state index in [-0.39, 0.29) is 6.04 Å². The second-order valence-corrected chi connectivity index (χ2v) is 3.64. The smallest absolute Gasteiger partial charge is 0.0774 e. The second-order valence-electron chi connectivity index (χ2n) is 3.64. The summed E-state index contributed by atoms with van der Waals surface area (Å²) in [7, 11) is 0. The molecule has 2 nitrogen and oxygen atoms in total. The van der Waals surface area contributed by atoms with Crippen LogP contribution in [-0.4, -0.2) is 11.0 Å². The van der Waals surface area contributed by atoms with Gasteiger partial charge in [0.15, 0.2) is 0 Å². The van der Waals surface area contributed by atoms with Gasteiger partial charge < -0.3 is 5.73 Å². The Morgan fingerprint density at radius 2 is 2.07 bits per heavy atom. The maximum Gasteiger partial charge on any atom is 0.0774 e. The minimum Gasteiger partial charge on any atom is -0.325 e. The van der Waals surface area contributed by atoms with E-state index < -0.39 is 0 Å². The molecule has 1 atom stereocenters. The Bertz CT molecular complexity index is 481. The molecule has 1 aromatic carbocycles. The lowest BCUT2D eigenvalue weighted by Gasteiger charge is -2.01. The molecule has 0 radical (unpaired) electrons. The summed E-state index contributed by atoms with van der Waals surface area (Å²) in [6, 6.07) is 10.2. The molecule has 0 amide bonds. The fourth-order valence-electron chi connectivity index (χ4n) is 1.52. The van der Waals surface area contributed by atoms with Crippen molar-refractivity contribution in [1.29, 1.82) is 0 Å². The third kappa shape index (κ3) is 2.22. The van der Waals surface area contributed by atoms with Gasteiger partial charge in [-0.05, 0) is 13.0 Å². The van der Waals surface area contributed by atoms with Gasteiger partial charge >= 0.3 is 0 Å². The Labute approximate surface area is 89.4 Å². The molecule has 0 bridgehead atoms. The topological polar surface area (TPSA) is 38.9 Å². The lowest BCUT2D eigenvalue weighted by Crippen LogP contribution is -2.09. The molecule has 0 aliphatic heterocycles. The fraction of sp³-hybridized carbons (Fsp3) is 0.154. The molecule has 1 unspecified atom stereocenters. The number of para-hydroxylation sites is 1. The largest absolute Gasteiger partial charge is 0.325 e. The highest BCUT2D eigenvalue weighted by Crippen LogP contribution is 2.17. The Kier molecular flexibility index (Phi) is 2.79. The highest BCUT2D eigenvalue weighted by Gasteiger charge is 1.97. The van der Waals surface area contributed by atoms with E-state index in [1.54, 1.807) is 0 Å². The van der Waals surface area contributed by atoms with Crippen molar-refractivity contribution in [2.24, 2.45) is 5.73 Å². The molecule has 1 aromatic heterocycles. The van der Waals surface area contributed by atoms with Gasteiger partial charge in [0.2, 0.25) is 0 Å². The van der Waals surface area contributed by atoms with E-state index in [1.807, 2.05) is 43.5 Å². The van der Waals surface area contributed by atoms with Crippen LogP contribution in [0.1, 0.15) is 12.5 Å². The standard InChI is InChI=1S/C13H14N2/c1-10(14)7-8-12-5-2-4-11-6-3-9-15-13(11)12/h2-10H,14H2,1H3/b8-7+. The van der Waals surface area contributed by atoms with Crippen LogP contribution in [0.15, 0.2) is 42.6 Å². The average Bonchev–Trinajstić information content (AvgIpc) is 2.26. The van der Waals surface area contributed by atoms with Crippen molar-refractivity contribution in [2.75, 3.05) is 0 Å². The molecular weight excluding hydrogens is 184 g/mol. The molecule has 0 saturated heterocycles. The van der Waals surface area contributed by atoms with E-state index in [0.29, 0.717) is 0 Å². The van der Waals surface area contributed by atoms with Crippen LogP contribution in [0.5, 0.6) is 0 Å². The quantitative estimate of drug-likeness (QED) is 0.805. The summed E-state index contributed by atoms with van der Waals surface area (Å²) in [5, 5.41) is 1.16. The fourth-order valence-corrected chi connectivity index (χ4v) is 1.52. The third-order valence-corrected chi connectivity index (χ3v) is 2.24. The van der Waals surface area contributed by atoms with Gasteiger partial charge in [0.1, 0.15) is 0 Å². The number of pyridine rings is 1. The van der Waals surface area contributed by atoms with Crippen LogP contribution in [0, 0.1) is 0 Å². The van der Waals surface area contributed by atoms with E-state index in [2.05, 4.69) is 17.1 Å². The number of rotatable bonds is 2. The van der Waals surface area contributed by atoms with Gasteiger partial charge in [0.25, 0.3) is 0 Å². The average molecular weight is 198 g/mol. The summed E-state index contributed by atoms with van der Waals surface area (Å²) in [6.45, 7) is 1.95. The first kappa shape index (κ1) is 9.87. The molecule has 15 heavy (non-hydrogen) atoms. The molecule has 2 heteroatoms. The van der Waals surface area contributed by atoms with Crippen molar-refractivity contribution in [1.82, 2.24) is 4.98 Å². The summed E-state index contributed by atoms with van der Waals surface area (Å²) in [5.74, 6) is 0. The van der Waals surface area contributed by atoms with Crippen LogP contribution < -0.4 is 5.73 Å². The van der Waals surface area contributed by atoms with Crippen LogP contribution in [0.2, 0.25) is 0 Å². The van der Waals surface area contributed by atoms with Crippen molar-refractivity contribution < 1.29 is 0 Å². The molecule has 2 rings (SSSR count). The van der Waals surface area contributed by atoms with Crippen molar-refractivity contribution in [3.05, 3.63) is 48.2 Å². The van der Waals surface area contributed by atoms with Gasteiger partial charge in [-0.2, -0.15) is 0 Å². The van der Waals surface area contributed by atoms with Crippen LogP contribution >= 0.6 is 0 Å². The monoisotopic (exact) mass is 198 g/mol. The Hall–Kier alpha value is -1.67. The Balaban J connectivity index is 2.51. The van der Waals surface area contributed by atoms with E-state index >= 15 is 0 Å². The summed E-state index contributed by atoms with van der Waals surface area (Å²) in [4.78, 5) is 4.37. The van der Waals surface area contributed by atoms with Gasteiger partial charge in [-0.15, -0.1) is 0 Å². The van der Waals surface area contributed by atoms with Crippen molar-refractivity contribution >= 4 is 17.0 Å². The zero-order chi connectivity index (χ0) is 10.7. The van der Waals surface area contributed by atoms with Crippen molar-refractivity contribution in [3.8, 4) is 0 Å². The summed E-state index contributed by atoms with van der Waals surface area (Å²) < 4.78 is 0. The van der Waals surface area contributed by atoms with Gasteiger partial charge in [-0.25, -0.2) is 0 Å². The van der Waals surface area contributed by atoms with Crippen LogP contribution in [0.4, 0.5) is 0 Å². The number of aromatic nitrogens is 1. The Morgan fingerprint density at radius 3 is 2.87 bits per heavy atom. The number of hydrogen-bond donors (Lipinski definition) is 1. The van der Waals surface area contributed by atoms with Crippen LogP contribution in [0.25, 0.3) is 17.0 Å². The van der Waals surface area contributed by atoms with Gasteiger partial charge in [-0.3, -0.25) is 4.98 Å². The molecular formula is C13H14N2. The minimum atomic E-state index is 0.0731. The van der Waals surface area contributed by atoms with Gasteiger partial charge in [0.05, 0.1) is 5.52 Å². The third-order valence-electron chi connectivity index (χ3n) is 2.24. The summed E-state index contributed by atoms with van der Waals surface area (Å²) in [5.41, 5.74) is 7.82. The minimum absolute atomic E-state index is 0.0731. The molecule has 0 saturated carbocycles.